The topological polar surface area (TPSA) is 48.2 Å². The highest BCUT2D eigenvalue weighted by atomic mass is 35.5. The predicted octanol–water partition coefficient (Wildman–Crippen LogP) is 5.34. The van der Waals surface area contributed by atoms with Crippen LogP contribution in [0.1, 0.15) is 5.56 Å². The summed E-state index contributed by atoms with van der Waals surface area (Å²) in [6, 6.07) is 12.8. The van der Waals surface area contributed by atoms with Crippen molar-refractivity contribution < 1.29 is 9.15 Å². The van der Waals surface area contributed by atoms with Crippen LogP contribution in [-0.2, 0) is 6.61 Å². The molecule has 23 heavy (non-hydrogen) atoms. The van der Waals surface area contributed by atoms with E-state index in [-0.39, 0.29) is 0 Å². The number of nitrogens with zero attached hydrogens (tertiary/aromatic N) is 2. The van der Waals surface area contributed by atoms with Crippen LogP contribution in [0.25, 0.3) is 11.5 Å². The fourth-order valence-corrected chi connectivity index (χ4v) is 2.68. The molecule has 0 aliphatic rings. The minimum atomic E-state index is 0.386. The van der Waals surface area contributed by atoms with E-state index in [0.29, 0.717) is 33.5 Å². The van der Waals surface area contributed by atoms with E-state index in [1.807, 2.05) is 36.6 Å². The van der Waals surface area contributed by atoms with Gasteiger partial charge in [0.05, 0.1) is 5.02 Å². The SMILES string of the molecule is CSc1nnc(-c2ccc(OCc3cccc(Cl)c3)c(Cl)c2)o1. The standard InChI is InChI=1S/C16H12Cl2N2O2S/c1-23-16-20-19-15(22-16)11-5-6-14(13(18)8-11)21-9-10-3-2-4-12(17)7-10/h2-8H,9H2,1H3. The van der Waals surface area contributed by atoms with Gasteiger partial charge in [-0.1, -0.05) is 47.1 Å². The zero-order chi connectivity index (χ0) is 16.2. The maximum absolute atomic E-state index is 6.27. The maximum atomic E-state index is 6.27. The molecule has 0 N–H and O–H groups in total. The fraction of sp³-hybridized carbons (Fsp3) is 0.125. The molecule has 0 aliphatic heterocycles. The molecule has 3 rings (SSSR count). The Morgan fingerprint density at radius 3 is 2.70 bits per heavy atom. The molecule has 0 aliphatic carbocycles. The highest BCUT2D eigenvalue weighted by Crippen LogP contribution is 2.31. The lowest BCUT2D eigenvalue weighted by Gasteiger charge is -2.09. The number of hydrogen-bond acceptors (Lipinski definition) is 5. The van der Waals surface area contributed by atoms with Gasteiger partial charge in [-0.05, 0) is 42.2 Å². The van der Waals surface area contributed by atoms with E-state index in [2.05, 4.69) is 10.2 Å². The number of halogens is 2. The quantitative estimate of drug-likeness (QED) is 0.570. The second kappa shape index (κ2) is 7.25. The van der Waals surface area contributed by atoms with E-state index in [1.54, 1.807) is 12.1 Å². The third-order valence-corrected chi connectivity index (χ3v) is 4.09. The van der Waals surface area contributed by atoms with Crippen LogP contribution in [0.4, 0.5) is 0 Å². The molecule has 1 heterocycles. The highest BCUT2D eigenvalue weighted by molar-refractivity contribution is 7.98. The Morgan fingerprint density at radius 1 is 1.13 bits per heavy atom. The summed E-state index contributed by atoms with van der Waals surface area (Å²) in [6.45, 7) is 0.386. The van der Waals surface area contributed by atoms with Gasteiger partial charge in [0.1, 0.15) is 12.4 Å². The Kier molecular flexibility index (Phi) is 5.10. The van der Waals surface area contributed by atoms with Crippen molar-refractivity contribution in [3.63, 3.8) is 0 Å². The maximum Gasteiger partial charge on any atom is 0.276 e. The Morgan fingerprint density at radius 2 is 2.00 bits per heavy atom. The largest absolute Gasteiger partial charge is 0.487 e. The van der Waals surface area contributed by atoms with Crippen LogP contribution in [0, 0.1) is 0 Å². The molecule has 0 spiro atoms. The Labute approximate surface area is 147 Å². The van der Waals surface area contributed by atoms with E-state index >= 15 is 0 Å². The Bertz CT molecular complexity index is 823. The van der Waals surface area contributed by atoms with Gasteiger partial charge < -0.3 is 9.15 Å². The smallest absolute Gasteiger partial charge is 0.276 e. The molecule has 4 nitrogen and oxygen atoms in total. The molecule has 0 atom stereocenters. The highest BCUT2D eigenvalue weighted by Gasteiger charge is 2.11. The van der Waals surface area contributed by atoms with E-state index in [1.165, 1.54) is 11.8 Å². The first-order valence-electron chi connectivity index (χ1n) is 6.70. The number of hydrogen-bond donors (Lipinski definition) is 0. The van der Waals surface area contributed by atoms with Gasteiger partial charge >= 0.3 is 0 Å². The summed E-state index contributed by atoms with van der Waals surface area (Å²) in [7, 11) is 0. The molecule has 0 amide bonds. The first kappa shape index (κ1) is 16.2. The number of aromatic nitrogens is 2. The lowest BCUT2D eigenvalue weighted by atomic mass is 10.2. The zero-order valence-corrected chi connectivity index (χ0v) is 14.5. The van der Waals surface area contributed by atoms with Crippen molar-refractivity contribution >= 4 is 35.0 Å². The first-order valence-corrected chi connectivity index (χ1v) is 8.68. The number of rotatable bonds is 5. The molecule has 2 aromatic carbocycles. The van der Waals surface area contributed by atoms with Crippen molar-refractivity contribution in [1.82, 2.24) is 10.2 Å². The van der Waals surface area contributed by atoms with Crippen LogP contribution in [0.5, 0.6) is 5.75 Å². The summed E-state index contributed by atoms with van der Waals surface area (Å²) in [5.74, 6) is 1.01. The Hall–Kier alpha value is -1.69. The van der Waals surface area contributed by atoms with E-state index < -0.39 is 0 Å². The van der Waals surface area contributed by atoms with Crippen molar-refractivity contribution in [3.8, 4) is 17.2 Å². The molecule has 0 radical (unpaired) electrons. The van der Waals surface area contributed by atoms with Crippen molar-refractivity contribution in [1.29, 1.82) is 0 Å². The van der Waals surface area contributed by atoms with E-state index in [4.69, 9.17) is 32.4 Å². The van der Waals surface area contributed by atoms with Gasteiger partial charge in [0.15, 0.2) is 0 Å². The fourth-order valence-electron chi connectivity index (χ4n) is 1.95. The molecule has 0 saturated carbocycles. The molecule has 3 aromatic rings. The molecular weight excluding hydrogens is 355 g/mol. The molecule has 118 valence electrons. The molecule has 0 unspecified atom stereocenters. The summed E-state index contributed by atoms with van der Waals surface area (Å²) >= 11 is 13.6. The van der Waals surface area contributed by atoms with Crippen LogP contribution in [0.3, 0.4) is 0 Å². The van der Waals surface area contributed by atoms with Gasteiger partial charge in [0, 0.05) is 10.6 Å². The van der Waals surface area contributed by atoms with Crippen LogP contribution in [0.2, 0.25) is 10.0 Å². The second-order valence-corrected chi connectivity index (χ2v) is 6.24. The molecule has 0 bridgehead atoms. The predicted molar refractivity (Wildman–Crippen MR) is 92.3 cm³/mol. The third kappa shape index (κ3) is 3.99. The zero-order valence-electron chi connectivity index (χ0n) is 12.1. The summed E-state index contributed by atoms with van der Waals surface area (Å²) in [5, 5.41) is 9.55. The van der Waals surface area contributed by atoms with Gasteiger partial charge in [0.2, 0.25) is 5.89 Å². The van der Waals surface area contributed by atoms with Crippen LogP contribution in [0.15, 0.2) is 52.1 Å². The molecular formula is C16H12Cl2N2O2S. The van der Waals surface area contributed by atoms with Crippen LogP contribution in [-0.4, -0.2) is 16.5 Å². The summed E-state index contributed by atoms with van der Waals surface area (Å²) in [6.07, 6.45) is 1.87. The lowest BCUT2D eigenvalue weighted by Crippen LogP contribution is -1.96. The third-order valence-electron chi connectivity index (χ3n) is 3.04. The minimum Gasteiger partial charge on any atom is -0.487 e. The van der Waals surface area contributed by atoms with Gasteiger partial charge in [0.25, 0.3) is 5.22 Å². The lowest BCUT2D eigenvalue weighted by molar-refractivity contribution is 0.306. The van der Waals surface area contributed by atoms with Crippen molar-refractivity contribution in [3.05, 3.63) is 58.1 Å². The van der Waals surface area contributed by atoms with Crippen molar-refractivity contribution in [2.75, 3.05) is 6.26 Å². The van der Waals surface area contributed by atoms with Crippen LogP contribution < -0.4 is 4.74 Å². The van der Waals surface area contributed by atoms with Gasteiger partial charge in [-0.15, -0.1) is 10.2 Å². The summed E-state index contributed by atoms with van der Waals surface area (Å²) < 4.78 is 11.2. The van der Waals surface area contributed by atoms with E-state index in [0.717, 1.165) is 11.1 Å². The number of benzene rings is 2. The van der Waals surface area contributed by atoms with Gasteiger partial charge in [-0.3, -0.25) is 0 Å². The van der Waals surface area contributed by atoms with E-state index in [9.17, 15) is 0 Å². The van der Waals surface area contributed by atoms with Crippen molar-refractivity contribution in [2.45, 2.75) is 11.8 Å². The molecule has 0 saturated heterocycles. The van der Waals surface area contributed by atoms with Crippen LogP contribution >= 0.6 is 35.0 Å². The monoisotopic (exact) mass is 366 g/mol. The second-order valence-electron chi connectivity index (χ2n) is 4.64. The summed E-state index contributed by atoms with van der Waals surface area (Å²) in [5.41, 5.74) is 1.72. The number of thioether (sulfide) groups is 1. The average Bonchev–Trinajstić information content (AvgIpc) is 3.03. The normalized spacial score (nSPS) is 10.7. The molecule has 0 fully saturated rings. The van der Waals surface area contributed by atoms with Crippen molar-refractivity contribution in [2.24, 2.45) is 0 Å². The molecule has 7 heteroatoms. The Balaban J connectivity index is 1.74. The summed E-state index contributed by atoms with van der Waals surface area (Å²) in [4.78, 5) is 0. The minimum absolute atomic E-state index is 0.386. The van der Waals surface area contributed by atoms with Gasteiger partial charge in [-0.25, -0.2) is 0 Å². The molecule has 1 aromatic heterocycles. The average molecular weight is 367 g/mol. The number of ether oxygens (including phenoxy) is 1. The first-order chi connectivity index (χ1) is 11.2. The van der Waals surface area contributed by atoms with Gasteiger partial charge in [-0.2, -0.15) is 0 Å².